The van der Waals surface area contributed by atoms with Crippen LogP contribution in [0.4, 0.5) is 0 Å². The van der Waals surface area contributed by atoms with Gasteiger partial charge in [-0.1, -0.05) is 37.3 Å². The summed E-state index contributed by atoms with van der Waals surface area (Å²) < 4.78 is 10.6. The second-order valence-electron chi connectivity index (χ2n) is 5.22. The van der Waals surface area contributed by atoms with Crippen LogP contribution >= 0.6 is 0 Å². The van der Waals surface area contributed by atoms with Gasteiger partial charge in [0.2, 0.25) is 12.7 Å². The molecule has 118 valence electrons. The predicted molar refractivity (Wildman–Crippen MR) is 87.8 cm³/mol. The van der Waals surface area contributed by atoms with Gasteiger partial charge in [0.1, 0.15) is 0 Å². The molecule has 2 aromatic carbocycles. The van der Waals surface area contributed by atoms with Crippen LogP contribution in [0.25, 0.3) is 0 Å². The quantitative estimate of drug-likeness (QED) is 0.682. The number of rotatable bonds is 5. The molecule has 3 rings (SSSR count). The van der Waals surface area contributed by atoms with E-state index in [0.29, 0.717) is 5.75 Å². The lowest BCUT2D eigenvalue weighted by atomic mass is 9.96. The molecule has 5 heteroatoms. The molecule has 1 aliphatic heterocycles. The van der Waals surface area contributed by atoms with Crippen LogP contribution in [-0.2, 0) is 4.79 Å². The number of ether oxygens (including phenoxy) is 2. The monoisotopic (exact) mass is 310 g/mol. The molecule has 2 aromatic rings. The minimum Gasteiger partial charge on any atom is -0.454 e. The lowest BCUT2D eigenvalue weighted by Gasteiger charge is -2.12. The molecule has 0 saturated heterocycles. The van der Waals surface area contributed by atoms with Crippen molar-refractivity contribution in [3.05, 3.63) is 59.7 Å². The molecule has 0 fully saturated rings. The molecule has 1 aliphatic rings. The number of amides is 1. The van der Waals surface area contributed by atoms with Crippen molar-refractivity contribution in [2.24, 2.45) is 5.10 Å². The van der Waals surface area contributed by atoms with Crippen LogP contribution in [-0.4, -0.2) is 18.9 Å². The van der Waals surface area contributed by atoms with Crippen LogP contribution in [0, 0.1) is 0 Å². The molecule has 0 aromatic heterocycles. The number of hydrazone groups is 1. The first kappa shape index (κ1) is 15.1. The van der Waals surface area contributed by atoms with Crippen molar-refractivity contribution in [2.45, 2.75) is 19.3 Å². The van der Waals surface area contributed by atoms with Gasteiger partial charge in [-0.25, -0.2) is 5.43 Å². The topological polar surface area (TPSA) is 59.9 Å². The summed E-state index contributed by atoms with van der Waals surface area (Å²) in [5, 5.41) is 4.04. The first-order valence-electron chi connectivity index (χ1n) is 7.55. The number of hydrogen-bond donors (Lipinski definition) is 1. The molecular formula is C18H18N2O3. The number of benzene rings is 2. The van der Waals surface area contributed by atoms with Gasteiger partial charge in [0.15, 0.2) is 11.5 Å². The third-order valence-electron chi connectivity index (χ3n) is 3.71. The molecule has 0 spiro atoms. The number of fused-ring (bicyclic) bond motifs is 1. The summed E-state index contributed by atoms with van der Waals surface area (Å²) in [4.78, 5) is 12.3. The first-order valence-corrected chi connectivity index (χ1v) is 7.55. The molecule has 1 heterocycles. The van der Waals surface area contributed by atoms with E-state index in [4.69, 9.17) is 9.47 Å². The van der Waals surface area contributed by atoms with Crippen molar-refractivity contribution < 1.29 is 14.3 Å². The van der Waals surface area contributed by atoms with Crippen molar-refractivity contribution in [3.8, 4) is 11.5 Å². The van der Waals surface area contributed by atoms with Gasteiger partial charge in [-0.15, -0.1) is 0 Å². The van der Waals surface area contributed by atoms with Gasteiger partial charge >= 0.3 is 0 Å². The summed E-state index contributed by atoms with van der Waals surface area (Å²) in [5.74, 6) is 1.10. The van der Waals surface area contributed by atoms with E-state index in [1.54, 1.807) is 6.21 Å². The summed E-state index contributed by atoms with van der Waals surface area (Å²) in [6.45, 7) is 2.22. The zero-order valence-corrected chi connectivity index (χ0v) is 12.9. The highest BCUT2D eigenvalue weighted by atomic mass is 16.7. The van der Waals surface area contributed by atoms with Gasteiger partial charge in [0.25, 0.3) is 0 Å². The highest BCUT2D eigenvalue weighted by Gasteiger charge is 2.17. The Morgan fingerprint density at radius 2 is 2.00 bits per heavy atom. The summed E-state index contributed by atoms with van der Waals surface area (Å²) in [7, 11) is 0. The van der Waals surface area contributed by atoms with E-state index in [1.165, 1.54) is 0 Å². The maximum atomic E-state index is 12.3. The normalized spacial score (nSPS) is 14.0. The van der Waals surface area contributed by atoms with Crippen molar-refractivity contribution in [2.75, 3.05) is 6.79 Å². The van der Waals surface area contributed by atoms with E-state index in [-0.39, 0.29) is 18.6 Å². The first-order chi connectivity index (χ1) is 11.3. The van der Waals surface area contributed by atoms with E-state index in [0.717, 1.165) is 23.3 Å². The average molecular weight is 310 g/mol. The number of hydrogen-bond acceptors (Lipinski definition) is 4. The second kappa shape index (κ2) is 6.96. The third-order valence-corrected chi connectivity index (χ3v) is 3.71. The van der Waals surface area contributed by atoms with Crippen LogP contribution < -0.4 is 14.9 Å². The van der Waals surface area contributed by atoms with Crippen LogP contribution in [0.5, 0.6) is 11.5 Å². The Hall–Kier alpha value is -2.82. The van der Waals surface area contributed by atoms with Gasteiger partial charge in [0.05, 0.1) is 12.1 Å². The summed E-state index contributed by atoms with van der Waals surface area (Å²) in [5.41, 5.74) is 4.43. The van der Waals surface area contributed by atoms with E-state index in [2.05, 4.69) is 10.5 Å². The Kier molecular flexibility index (Phi) is 4.57. The smallest absolute Gasteiger partial charge is 0.247 e. The molecule has 0 radical (unpaired) electrons. The molecule has 1 unspecified atom stereocenters. The number of nitrogens with zero attached hydrogens (tertiary/aromatic N) is 1. The van der Waals surface area contributed by atoms with Gasteiger partial charge in [-0.2, -0.15) is 5.10 Å². The van der Waals surface area contributed by atoms with E-state index >= 15 is 0 Å². The van der Waals surface area contributed by atoms with Crippen molar-refractivity contribution in [1.82, 2.24) is 5.43 Å². The maximum absolute atomic E-state index is 12.3. The number of nitrogens with one attached hydrogen (secondary N) is 1. The lowest BCUT2D eigenvalue weighted by Crippen LogP contribution is -2.25. The molecule has 1 atom stereocenters. The summed E-state index contributed by atoms with van der Waals surface area (Å²) >= 11 is 0. The van der Waals surface area contributed by atoms with Crippen LogP contribution in [0.2, 0.25) is 0 Å². The van der Waals surface area contributed by atoms with Crippen LogP contribution in [0.3, 0.4) is 0 Å². The highest BCUT2D eigenvalue weighted by molar-refractivity contribution is 5.86. The fourth-order valence-electron chi connectivity index (χ4n) is 2.50. The maximum Gasteiger partial charge on any atom is 0.247 e. The molecule has 1 N–H and O–H groups in total. The van der Waals surface area contributed by atoms with Gasteiger partial charge < -0.3 is 9.47 Å². The number of carbonyl (C=O) groups excluding carboxylic acids is 1. The zero-order valence-electron chi connectivity index (χ0n) is 12.9. The van der Waals surface area contributed by atoms with Gasteiger partial charge in [-0.3, -0.25) is 4.79 Å². The summed E-state index contributed by atoms with van der Waals surface area (Å²) in [6.07, 6.45) is 2.31. The molecular weight excluding hydrogens is 292 g/mol. The Labute approximate surface area is 134 Å². The predicted octanol–water partition coefficient (Wildman–Crippen LogP) is 3.06. The van der Waals surface area contributed by atoms with Crippen LogP contribution in [0.15, 0.2) is 53.6 Å². The molecule has 0 aliphatic carbocycles. The Balaban J connectivity index is 1.64. The van der Waals surface area contributed by atoms with E-state index < -0.39 is 0 Å². The molecule has 23 heavy (non-hydrogen) atoms. The fourth-order valence-corrected chi connectivity index (χ4v) is 2.50. The largest absolute Gasteiger partial charge is 0.454 e. The minimum atomic E-state index is -0.204. The van der Waals surface area contributed by atoms with Crippen molar-refractivity contribution >= 4 is 12.1 Å². The van der Waals surface area contributed by atoms with Gasteiger partial charge in [0, 0.05) is 0 Å². The molecule has 0 saturated carbocycles. The Morgan fingerprint density at radius 3 is 2.78 bits per heavy atom. The SMILES string of the molecule is CCC(C(=O)N/N=C/c1ccc2c(c1)OCO2)c1ccccc1. The fraction of sp³-hybridized carbons (Fsp3) is 0.222. The Morgan fingerprint density at radius 1 is 1.22 bits per heavy atom. The molecule has 1 amide bonds. The second-order valence-corrected chi connectivity index (χ2v) is 5.22. The molecule has 5 nitrogen and oxygen atoms in total. The van der Waals surface area contributed by atoms with E-state index in [9.17, 15) is 4.79 Å². The van der Waals surface area contributed by atoms with Crippen LogP contribution in [0.1, 0.15) is 30.4 Å². The third kappa shape index (κ3) is 3.51. The average Bonchev–Trinajstić information content (AvgIpc) is 3.04. The Bertz CT molecular complexity index is 713. The van der Waals surface area contributed by atoms with Crippen molar-refractivity contribution in [1.29, 1.82) is 0 Å². The van der Waals surface area contributed by atoms with Gasteiger partial charge in [-0.05, 0) is 35.7 Å². The van der Waals surface area contributed by atoms with Crippen molar-refractivity contribution in [3.63, 3.8) is 0 Å². The van der Waals surface area contributed by atoms with E-state index in [1.807, 2.05) is 55.5 Å². The summed E-state index contributed by atoms with van der Waals surface area (Å²) in [6, 6.07) is 15.2. The lowest BCUT2D eigenvalue weighted by molar-refractivity contribution is -0.122. The number of carbonyl (C=O) groups is 1. The molecule has 0 bridgehead atoms. The minimum absolute atomic E-state index is 0.115. The standard InChI is InChI=1S/C18H18N2O3/c1-2-15(14-6-4-3-5-7-14)18(21)20-19-11-13-8-9-16-17(10-13)23-12-22-16/h3-11,15H,2,12H2,1H3,(H,20,21)/b19-11+. The zero-order chi connectivity index (χ0) is 16.1. The highest BCUT2D eigenvalue weighted by Crippen LogP contribution is 2.31.